The molecule has 1 unspecified atom stereocenters. The zero-order valence-corrected chi connectivity index (χ0v) is 18.9. The number of hydrogen-bond acceptors (Lipinski definition) is 3. The Hall–Kier alpha value is -0.470. The Morgan fingerprint density at radius 1 is 1.28 bits per heavy atom. The fraction of sp³-hybridized carbons (Fsp3) is 0.632. The van der Waals surface area contributed by atoms with Gasteiger partial charge in [0.25, 0.3) is 0 Å². The molecular weight excluding hydrogens is 443 g/mol. The van der Waals surface area contributed by atoms with Gasteiger partial charge in [0.2, 0.25) is 0 Å². The van der Waals surface area contributed by atoms with Gasteiger partial charge >= 0.3 is 0 Å². The molecule has 0 bridgehead atoms. The van der Waals surface area contributed by atoms with Crippen LogP contribution in [0.25, 0.3) is 0 Å². The van der Waals surface area contributed by atoms with E-state index in [2.05, 4.69) is 58.0 Å². The Bertz CT molecular complexity index is 524. The van der Waals surface area contributed by atoms with Gasteiger partial charge in [0.1, 0.15) is 0 Å². The molecule has 0 spiro atoms. The highest BCUT2D eigenvalue weighted by molar-refractivity contribution is 14.0. The number of likely N-dealkylation sites (tertiary alicyclic amines) is 1. The lowest BCUT2D eigenvalue weighted by molar-refractivity contribution is 0.176. The van der Waals surface area contributed by atoms with Gasteiger partial charge in [-0.25, -0.2) is 0 Å². The Morgan fingerprint density at radius 2 is 2.04 bits per heavy atom. The van der Waals surface area contributed by atoms with Crippen molar-refractivity contribution >= 4 is 41.7 Å². The minimum absolute atomic E-state index is 0. The van der Waals surface area contributed by atoms with Gasteiger partial charge in [0, 0.05) is 39.0 Å². The van der Waals surface area contributed by atoms with E-state index in [4.69, 9.17) is 0 Å². The Kier molecular flexibility index (Phi) is 11.6. The number of nitrogens with one attached hydrogen (secondary N) is 2. The van der Waals surface area contributed by atoms with Gasteiger partial charge in [-0.2, -0.15) is 11.8 Å². The van der Waals surface area contributed by atoms with Crippen LogP contribution in [0.4, 0.5) is 0 Å². The molecule has 1 atom stereocenters. The van der Waals surface area contributed by atoms with Crippen LogP contribution in [0.3, 0.4) is 0 Å². The van der Waals surface area contributed by atoms with E-state index in [0.717, 1.165) is 37.3 Å². The predicted octanol–water partition coefficient (Wildman–Crippen LogP) is 3.56. The van der Waals surface area contributed by atoms with Crippen LogP contribution in [-0.4, -0.2) is 49.6 Å². The number of nitrogens with zero attached hydrogens (tertiary/aromatic N) is 2. The number of halogens is 1. The second kappa shape index (κ2) is 12.8. The molecule has 1 aromatic rings. The van der Waals surface area contributed by atoms with E-state index >= 15 is 0 Å². The van der Waals surface area contributed by atoms with Gasteiger partial charge in [-0.3, -0.25) is 9.89 Å². The van der Waals surface area contributed by atoms with Crippen LogP contribution in [-0.2, 0) is 13.1 Å². The minimum atomic E-state index is 0. The fourth-order valence-corrected chi connectivity index (χ4v) is 3.53. The highest BCUT2D eigenvalue weighted by atomic mass is 127. The molecule has 1 fully saturated rings. The highest BCUT2D eigenvalue weighted by Crippen LogP contribution is 2.19. The van der Waals surface area contributed by atoms with Crippen molar-refractivity contribution in [3.05, 3.63) is 35.4 Å². The third kappa shape index (κ3) is 8.17. The zero-order chi connectivity index (χ0) is 17.2. The summed E-state index contributed by atoms with van der Waals surface area (Å²) in [6.45, 7) is 7.63. The average Bonchev–Trinajstić information content (AvgIpc) is 2.59. The quantitative estimate of drug-likeness (QED) is 0.273. The lowest BCUT2D eigenvalue weighted by atomic mass is 9.99. The Morgan fingerprint density at radius 3 is 2.72 bits per heavy atom. The Balaban J connectivity index is 0.00000312. The lowest BCUT2D eigenvalue weighted by Gasteiger charge is -2.31. The third-order valence-corrected chi connectivity index (χ3v) is 5.13. The molecule has 0 aliphatic carbocycles. The largest absolute Gasteiger partial charge is 0.356 e. The first-order chi connectivity index (χ1) is 11.7. The van der Waals surface area contributed by atoms with Gasteiger partial charge in [-0.1, -0.05) is 31.2 Å². The molecule has 1 aliphatic rings. The van der Waals surface area contributed by atoms with Crippen molar-refractivity contribution in [1.29, 1.82) is 0 Å². The summed E-state index contributed by atoms with van der Waals surface area (Å²) >= 11 is 1.84. The lowest BCUT2D eigenvalue weighted by Crippen LogP contribution is -2.38. The van der Waals surface area contributed by atoms with Crippen molar-refractivity contribution < 1.29 is 0 Å². The number of thioether (sulfide) groups is 1. The van der Waals surface area contributed by atoms with Crippen LogP contribution in [0.1, 0.15) is 30.9 Å². The number of rotatable bonds is 7. The summed E-state index contributed by atoms with van der Waals surface area (Å²) in [5.41, 5.74) is 2.79. The summed E-state index contributed by atoms with van der Waals surface area (Å²) in [5, 5.41) is 6.80. The van der Waals surface area contributed by atoms with Gasteiger partial charge in [0.05, 0.1) is 0 Å². The molecule has 6 heteroatoms. The fourth-order valence-electron chi connectivity index (χ4n) is 3.23. The van der Waals surface area contributed by atoms with Gasteiger partial charge in [-0.05, 0) is 42.7 Å². The van der Waals surface area contributed by atoms with Crippen LogP contribution in [0.5, 0.6) is 0 Å². The van der Waals surface area contributed by atoms with E-state index in [1.165, 1.54) is 37.1 Å². The topological polar surface area (TPSA) is 39.7 Å². The Labute approximate surface area is 174 Å². The molecule has 1 aliphatic heterocycles. The van der Waals surface area contributed by atoms with E-state index in [0.29, 0.717) is 0 Å². The summed E-state index contributed by atoms with van der Waals surface area (Å²) in [7, 11) is 1.83. The van der Waals surface area contributed by atoms with Crippen LogP contribution >= 0.6 is 35.7 Å². The number of aliphatic imine (C=N–C) groups is 1. The van der Waals surface area contributed by atoms with Crippen LogP contribution in [0.15, 0.2) is 29.3 Å². The monoisotopic (exact) mass is 476 g/mol. The first-order valence-electron chi connectivity index (χ1n) is 8.95. The van der Waals surface area contributed by atoms with Crippen LogP contribution in [0, 0.1) is 5.92 Å². The molecule has 1 saturated heterocycles. The maximum absolute atomic E-state index is 4.30. The standard InChI is InChI=1S/C19H32N4S.HI/c1-16-7-6-11-23(14-16)15-18-9-5-4-8-17(18)13-22-19(20-2)21-10-12-24-3;/h4-5,8-9,16H,6-7,10-15H2,1-3H3,(H2,20,21,22);1H. The molecule has 0 amide bonds. The van der Waals surface area contributed by atoms with Crippen molar-refractivity contribution in [2.45, 2.75) is 32.9 Å². The first-order valence-corrected chi connectivity index (χ1v) is 10.3. The maximum atomic E-state index is 4.30. The molecule has 1 aromatic carbocycles. The molecule has 0 aromatic heterocycles. The molecule has 0 saturated carbocycles. The second-order valence-corrected chi connectivity index (χ2v) is 7.58. The third-order valence-electron chi connectivity index (χ3n) is 4.52. The van der Waals surface area contributed by atoms with Gasteiger partial charge in [-0.15, -0.1) is 24.0 Å². The molecule has 4 nitrogen and oxygen atoms in total. The minimum Gasteiger partial charge on any atom is -0.356 e. The summed E-state index contributed by atoms with van der Waals surface area (Å²) in [5.74, 6) is 2.79. The summed E-state index contributed by atoms with van der Waals surface area (Å²) in [4.78, 5) is 6.90. The molecule has 2 N–H and O–H groups in total. The van der Waals surface area contributed by atoms with Crippen LogP contribution in [0.2, 0.25) is 0 Å². The van der Waals surface area contributed by atoms with Crippen molar-refractivity contribution in [2.75, 3.05) is 38.7 Å². The van der Waals surface area contributed by atoms with Crippen molar-refractivity contribution in [3.8, 4) is 0 Å². The van der Waals surface area contributed by atoms with E-state index in [1.807, 2.05) is 18.8 Å². The summed E-state index contributed by atoms with van der Waals surface area (Å²) < 4.78 is 0. The number of piperidine rings is 1. The molecule has 1 heterocycles. The normalized spacial score (nSPS) is 18.5. The maximum Gasteiger partial charge on any atom is 0.191 e. The molecule has 142 valence electrons. The van der Waals surface area contributed by atoms with Crippen molar-refractivity contribution in [3.63, 3.8) is 0 Å². The number of hydrogen-bond donors (Lipinski definition) is 2. The van der Waals surface area contributed by atoms with Gasteiger partial charge < -0.3 is 10.6 Å². The summed E-state index contributed by atoms with van der Waals surface area (Å²) in [6, 6.07) is 8.77. The van der Waals surface area contributed by atoms with Crippen LogP contribution < -0.4 is 10.6 Å². The molecule has 0 radical (unpaired) electrons. The van der Waals surface area contributed by atoms with E-state index in [-0.39, 0.29) is 24.0 Å². The predicted molar refractivity (Wildman–Crippen MR) is 122 cm³/mol. The van der Waals surface area contributed by atoms with E-state index in [9.17, 15) is 0 Å². The van der Waals surface area contributed by atoms with Crippen molar-refractivity contribution in [2.24, 2.45) is 10.9 Å². The first kappa shape index (κ1) is 22.6. The average molecular weight is 476 g/mol. The van der Waals surface area contributed by atoms with E-state index < -0.39 is 0 Å². The summed E-state index contributed by atoms with van der Waals surface area (Å²) in [6.07, 6.45) is 4.82. The molecule has 25 heavy (non-hydrogen) atoms. The molecule has 2 rings (SSSR count). The second-order valence-electron chi connectivity index (χ2n) is 6.60. The highest BCUT2D eigenvalue weighted by Gasteiger charge is 2.17. The smallest absolute Gasteiger partial charge is 0.191 e. The SMILES string of the molecule is CN=C(NCCSC)NCc1ccccc1CN1CCCC(C)C1.I. The van der Waals surface area contributed by atoms with Gasteiger partial charge in [0.15, 0.2) is 5.96 Å². The number of guanidine groups is 1. The zero-order valence-electron chi connectivity index (χ0n) is 15.8. The molecular formula is C19H33IN4S. The number of benzene rings is 1. The van der Waals surface area contributed by atoms with E-state index in [1.54, 1.807) is 0 Å². The van der Waals surface area contributed by atoms with Crippen molar-refractivity contribution in [1.82, 2.24) is 15.5 Å².